The maximum Gasteiger partial charge on any atom is 0.573 e. The quantitative estimate of drug-likeness (QED) is 0.873. The number of ether oxygens (including phenoxy) is 1. The first kappa shape index (κ1) is 15.2. The van der Waals surface area contributed by atoms with Gasteiger partial charge in [-0.05, 0) is 48.7 Å². The first-order valence-electron chi connectivity index (χ1n) is 6.50. The second-order valence-electron chi connectivity index (χ2n) is 4.79. The fraction of sp³-hybridized carbons (Fsp3) is 0.250. The van der Waals surface area contributed by atoms with E-state index in [0.29, 0.717) is 6.54 Å². The Hall–Kier alpha value is -2.17. The first-order chi connectivity index (χ1) is 9.85. The van der Waals surface area contributed by atoms with E-state index in [1.54, 1.807) is 12.1 Å². The second-order valence-corrected chi connectivity index (χ2v) is 4.79. The third-order valence-corrected chi connectivity index (χ3v) is 3.24. The molecule has 0 aromatic heterocycles. The van der Waals surface area contributed by atoms with Gasteiger partial charge in [-0.2, -0.15) is 0 Å². The van der Waals surface area contributed by atoms with Crippen molar-refractivity contribution in [2.45, 2.75) is 26.8 Å². The molecule has 0 aliphatic rings. The lowest BCUT2D eigenvalue weighted by molar-refractivity contribution is -0.274. The summed E-state index contributed by atoms with van der Waals surface area (Å²) in [4.78, 5) is 0. The van der Waals surface area contributed by atoms with E-state index < -0.39 is 6.36 Å². The van der Waals surface area contributed by atoms with Crippen LogP contribution in [-0.2, 0) is 6.54 Å². The minimum atomic E-state index is -4.65. The number of alkyl halides is 3. The van der Waals surface area contributed by atoms with Crippen molar-refractivity contribution >= 4 is 5.69 Å². The Labute approximate surface area is 121 Å². The van der Waals surface area contributed by atoms with Gasteiger partial charge in [0.2, 0.25) is 0 Å². The molecule has 112 valence electrons. The molecule has 2 aromatic carbocycles. The van der Waals surface area contributed by atoms with Crippen LogP contribution >= 0.6 is 0 Å². The fourth-order valence-electron chi connectivity index (χ4n) is 1.95. The molecule has 0 heterocycles. The van der Waals surface area contributed by atoms with Crippen molar-refractivity contribution in [2.24, 2.45) is 0 Å². The fourth-order valence-corrected chi connectivity index (χ4v) is 1.95. The number of nitrogens with one attached hydrogen (secondary N) is 1. The molecular weight excluding hydrogens is 279 g/mol. The molecule has 0 spiro atoms. The van der Waals surface area contributed by atoms with Crippen molar-refractivity contribution in [1.82, 2.24) is 0 Å². The molecule has 21 heavy (non-hydrogen) atoms. The lowest BCUT2D eigenvalue weighted by atomic mass is 10.1. The van der Waals surface area contributed by atoms with E-state index in [0.717, 1.165) is 16.8 Å². The van der Waals surface area contributed by atoms with Crippen molar-refractivity contribution in [3.8, 4) is 5.75 Å². The molecule has 0 amide bonds. The van der Waals surface area contributed by atoms with Gasteiger partial charge >= 0.3 is 6.36 Å². The van der Waals surface area contributed by atoms with Crippen LogP contribution in [0.25, 0.3) is 0 Å². The highest BCUT2D eigenvalue weighted by atomic mass is 19.4. The third-order valence-electron chi connectivity index (χ3n) is 3.24. The van der Waals surface area contributed by atoms with Crippen LogP contribution in [0.5, 0.6) is 5.75 Å². The number of benzene rings is 2. The normalized spacial score (nSPS) is 11.3. The Morgan fingerprint density at radius 3 is 2.29 bits per heavy atom. The van der Waals surface area contributed by atoms with Gasteiger partial charge in [-0.3, -0.25) is 0 Å². The predicted molar refractivity (Wildman–Crippen MR) is 76.4 cm³/mol. The van der Waals surface area contributed by atoms with Gasteiger partial charge in [0.1, 0.15) is 5.75 Å². The maximum atomic E-state index is 12.1. The highest BCUT2D eigenvalue weighted by Crippen LogP contribution is 2.23. The van der Waals surface area contributed by atoms with Crippen molar-refractivity contribution < 1.29 is 17.9 Å². The van der Waals surface area contributed by atoms with Crippen LogP contribution in [0.2, 0.25) is 0 Å². The minimum absolute atomic E-state index is 0.210. The Balaban J connectivity index is 1.99. The average Bonchev–Trinajstić information content (AvgIpc) is 2.40. The minimum Gasteiger partial charge on any atom is -0.406 e. The van der Waals surface area contributed by atoms with Crippen molar-refractivity contribution in [2.75, 3.05) is 5.32 Å². The van der Waals surface area contributed by atoms with Gasteiger partial charge in [0, 0.05) is 12.2 Å². The van der Waals surface area contributed by atoms with E-state index in [4.69, 9.17) is 0 Å². The van der Waals surface area contributed by atoms with Crippen LogP contribution < -0.4 is 10.1 Å². The Morgan fingerprint density at radius 2 is 1.67 bits per heavy atom. The molecule has 0 bridgehead atoms. The molecule has 5 heteroatoms. The number of anilines is 1. The zero-order valence-electron chi connectivity index (χ0n) is 11.8. The molecule has 0 saturated heterocycles. The summed E-state index contributed by atoms with van der Waals surface area (Å²) in [5.74, 6) is -0.210. The number of halogens is 3. The molecule has 1 N–H and O–H groups in total. The van der Waals surface area contributed by atoms with E-state index in [-0.39, 0.29) is 5.75 Å². The van der Waals surface area contributed by atoms with E-state index in [1.165, 1.54) is 17.7 Å². The topological polar surface area (TPSA) is 21.3 Å². The van der Waals surface area contributed by atoms with Crippen LogP contribution in [0.3, 0.4) is 0 Å². The summed E-state index contributed by atoms with van der Waals surface area (Å²) >= 11 is 0. The predicted octanol–water partition coefficient (Wildman–Crippen LogP) is 4.81. The molecule has 2 aromatic rings. The van der Waals surface area contributed by atoms with Gasteiger partial charge in [0.15, 0.2) is 0 Å². The molecule has 0 unspecified atom stereocenters. The lowest BCUT2D eigenvalue weighted by Crippen LogP contribution is -2.17. The van der Waals surface area contributed by atoms with Crippen LogP contribution in [0.4, 0.5) is 18.9 Å². The molecule has 0 aliphatic heterocycles. The van der Waals surface area contributed by atoms with Gasteiger partial charge in [0.25, 0.3) is 0 Å². The Bertz CT molecular complexity index is 606. The summed E-state index contributed by atoms with van der Waals surface area (Å²) in [7, 11) is 0. The summed E-state index contributed by atoms with van der Waals surface area (Å²) in [6.07, 6.45) is -4.65. The number of aryl methyl sites for hydroxylation is 1. The van der Waals surface area contributed by atoms with Crippen molar-refractivity contribution in [3.63, 3.8) is 0 Å². The highest BCUT2D eigenvalue weighted by molar-refractivity contribution is 5.53. The van der Waals surface area contributed by atoms with E-state index >= 15 is 0 Å². The van der Waals surface area contributed by atoms with Gasteiger partial charge < -0.3 is 10.1 Å². The van der Waals surface area contributed by atoms with Crippen molar-refractivity contribution in [3.05, 3.63) is 59.2 Å². The molecule has 2 rings (SSSR count). The van der Waals surface area contributed by atoms with E-state index in [2.05, 4.69) is 10.1 Å². The van der Waals surface area contributed by atoms with Crippen LogP contribution in [0.1, 0.15) is 16.7 Å². The zero-order valence-corrected chi connectivity index (χ0v) is 11.8. The first-order valence-corrected chi connectivity index (χ1v) is 6.50. The SMILES string of the molecule is Cc1cccc(NCc2ccc(OC(F)(F)F)cc2)c1C. The largest absolute Gasteiger partial charge is 0.573 e. The number of rotatable bonds is 4. The Kier molecular flexibility index (Phi) is 4.40. The maximum absolute atomic E-state index is 12.1. The molecule has 0 saturated carbocycles. The van der Waals surface area contributed by atoms with Crippen LogP contribution in [0.15, 0.2) is 42.5 Å². The van der Waals surface area contributed by atoms with Gasteiger partial charge in [-0.15, -0.1) is 13.2 Å². The van der Waals surface area contributed by atoms with Gasteiger partial charge in [-0.25, -0.2) is 0 Å². The van der Waals surface area contributed by atoms with E-state index in [1.807, 2.05) is 32.0 Å². The van der Waals surface area contributed by atoms with Gasteiger partial charge in [0.05, 0.1) is 0 Å². The smallest absolute Gasteiger partial charge is 0.406 e. The molecule has 0 aliphatic carbocycles. The molecule has 2 nitrogen and oxygen atoms in total. The molecule has 0 atom stereocenters. The van der Waals surface area contributed by atoms with Crippen LogP contribution in [0, 0.1) is 13.8 Å². The third kappa shape index (κ3) is 4.41. The summed E-state index contributed by atoms with van der Waals surface area (Å²) < 4.78 is 40.0. The number of hydrogen-bond acceptors (Lipinski definition) is 2. The standard InChI is InChI=1S/C16H16F3NO/c1-11-4-3-5-15(12(11)2)20-10-13-6-8-14(9-7-13)21-16(17,18)19/h3-9,20H,10H2,1-2H3. The Morgan fingerprint density at radius 1 is 1.00 bits per heavy atom. The molecule has 0 radical (unpaired) electrons. The van der Waals surface area contributed by atoms with Crippen LogP contribution in [-0.4, -0.2) is 6.36 Å². The van der Waals surface area contributed by atoms with Gasteiger partial charge in [-0.1, -0.05) is 24.3 Å². The van der Waals surface area contributed by atoms with Crippen molar-refractivity contribution in [1.29, 1.82) is 0 Å². The van der Waals surface area contributed by atoms with E-state index in [9.17, 15) is 13.2 Å². The second kappa shape index (κ2) is 6.08. The molecular formula is C16H16F3NO. The number of hydrogen-bond donors (Lipinski definition) is 1. The molecule has 0 fully saturated rings. The summed E-state index contributed by atoms with van der Waals surface area (Å²) in [6, 6.07) is 11.8. The highest BCUT2D eigenvalue weighted by Gasteiger charge is 2.30. The summed E-state index contributed by atoms with van der Waals surface area (Å²) in [5.41, 5.74) is 4.25. The lowest BCUT2D eigenvalue weighted by Gasteiger charge is -2.12. The zero-order chi connectivity index (χ0) is 15.5. The summed E-state index contributed by atoms with van der Waals surface area (Å²) in [6.45, 7) is 4.60. The summed E-state index contributed by atoms with van der Waals surface area (Å²) in [5, 5.41) is 3.27. The average molecular weight is 295 g/mol. The monoisotopic (exact) mass is 295 g/mol.